The number of thiophene rings is 1. The van der Waals surface area contributed by atoms with Crippen molar-refractivity contribution in [2.24, 2.45) is 0 Å². The standard InChI is InChI=1S/C62H71BN2S/c1-38-30-51-54-52(31-38)65(44-25-22-39(23-26-44)57(2,3)4)55-46-35-41(62(15,16)40-20-18-17-19-21-40)24-27-53(46)66-56(55)63(54)49-36-47-48(61(13,14)29-28-60(47,11)12)37-50(49)64(51)45-33-42(58(5,6)7)32-43(34-45)59(8,9)10/h17-27,30-37H,28-29H2,1-16H3. The molecule has 0 unspecified atom stereocenters. The van der Waals surface area contributed by atoms with Gasteiger partial charge in [0.25, 0.3) is 6.71 Å². The summed E-state index contributed by atoms with van der Waals surface area (Å²) in [5, 5.41) is 1.33. The predicted octanol–water partition coefficient (Wildman–Crippen LogP) is 15.9. The van der Waals surface area contributed by atoms with E-state index in [2.05, 4.69) is 236 Å². The lowest BCUT2D eigenvalue weighted by Crippen LogP contribution is -2.61. The van der Waals surface area contributed by atoms with Gasteiger partial charge in [-0.3, -0.25) is 0 Å². The Hall–Kier alpha value is -5.06. The van der Waals surface area contributed by atoms with Gasteiger partial charge in [0.2, 0.25) is 0 Å². The number of anilines is 6. The molecule has 10 rings (SSSR count). The van der Waals surface area contributed by atoms with Gasteiger partial charge in [-0.25, -0.2) is 0 Å². The van der Waals surface area contributed by atoms with Gasteiger partial charge in [0.15, 0.2) is 0 Å². The van der Waals surface area contributed by atoms with Crippen molar-refractivity contribution in [2.75, 3.05) is 9.80 Å². The summed E-state index contributed by atoms with van der Waals surface area (Å²) < 4.78 is 2.77. The summed E-state index contributed by atoms with van der Waals surface area (Å²) in [7, 11) is 0. The first kappa shape index (κ1) is 44.8. The van der Waals surface area contributed by atoms with Crippen molar-refractivity contribution >= 4 is 78.0 Å². The van der Waals surface area contributed by atoms with Crippen LogP contribution in [0.1, 0.15) is 161 Å². The van der Waals surface area contributed by atoms with Crippen LogP contribution in [-0.4, -0.2) is 6.71 Å². The highest BCUT2D eigenvalue weighted by Gasteiger charge is 2.48. The maximum Gasteiger partial charge on any atom is 0.264 e. The molecule has 1 aliphatic carbocycles. The molecule has 3 heterocycles. The Kier molecular flexibility index (Phi) is 9.98. The molecule has 0 bridgehead atoms. The van der Waals surface area contributed by atoms with Gasteiger partial charge >= 0.3 is 0 Å². The molecule has 4 heteroatoms. The second-order valence-corrected chi connectivity index (χ2v) is 26.2. The molecule has 6 aromatic carbocycles. The monoisotopic (exact) mass is 887 g/mol. The van der Waals surface area contributed by atoms with Crippen LogP contribution in [0.15, 0.2) is 115 Å². The van der Waals surface area contributed by atoms with E-state index in [1.165, 1.54) is 117 Å². The molecule has 0 amide bonds. The van der Waals surface area contributed by atoms with Crippen molar-refractivity contribution in [3.8, 4) is 0 Å². The molecule has 0 N–H and O–H groups in total. The Bertz CT molecular complexity index is 3040. The molecule has 1 aromatic heterocycles. The SMILES string of the molecule is Cc1cc2c3c(c1)N(c1ccc(C(C)(C)C)cc1)c1c(sc4ccc(C(C)(C)c5ccccc5)cc14)B3c1cc3c(cc1N2c1cc(C(C)(C)C)cc(C(C)(C)C)c1)C(C)(C)CCC3(C)C. The van der Waals surface area contributed by atoms with Crippen molar-refractivity contribution < 1.29 is 0 Å². The first-order valence-electron chi connectivity index (χ1n) is 24.6. The zero-order valence-electron chi connectivity index (χ0n) is 42.8. The largest absolute Gasteiger partial charge is 0.311 e. The number of rotatable bonds is 4. The summed E-state index contributed by atoms with van der Waals surface area (Å²) in [6, 6.07) is 45.8. The van der Waals surface area contributed by atoms with E-state index < -0.39 is 0 Å². The number of nitrogens with zero attached hydrogens (tertiary/aromatic N) is 2. The fourth-order valence-corrected chi connectivity index (χ4v) is 12.6. The molecule has 0 saturated heterocycles. The molecule has 2 nitrogen and oxygen atoms in total. The third kappa shape index (κ3) is 7.10. The van der Waals surface area contributed by atoms with Crippen LogP contribution in [0.2, 0.25) is 0 Å². The van der Waals surface area contributed by atoms with Crippen molar-refractivity contribution in [3.63, 3.8) is 0 Å². The lowest BCUT2D eigenvalue weighted by atomic mass is 9.35. The summed E-state index contributed by atoms with van der Waals surface area (Å²) >= 11 is 2.01. The van der Waals surface area contributed by atoms with E-state index in [1.807, 2.05) is 11.3 Å². The molecule has 0 saturated carbocycles. The highest BCUT2D eigenvalue weighted by Crippen LogP contribution is 2.53. The van der Waals surface area contributed by atoms with Gasteiger partial charge in [0.05, 0.1) is 5.69 Å². The van der Waals surface area contributed by atoms with Crippen LogP contribution in [0.4, 0.5) is 34.1 Å². The summed E-state index contributed by atoms with van der Waals surface area (Å²) in [5.74, 6) is 0. The first-order chi connectivity index (χ1) is 30.8. The average Bonchev–Trinajstić information content (AvgIpc) is 3.62. The topological polar surface area (TPSA) is 6.48 Å². The van der Waals surface area contributed by atoms with Crippen LogP contribution in [0, 0.1) is 6.92 Å². The van der Waals surface area contributed by atoms with Crippen molar-refractivity contribution in [2.45, 2.75) is 156 Å². The van der Waals surface area contributed by atoms with Gasteiger partial charge in [-0.15, -0.1) is 11.3 Å². The molecular formula is C62H71BN2S. The lowest BCUT2D eigenvalue weighted by Gasteiger charge is -2.47. The summed E-state index contributed by atoms with van der Waals surface area (Å²) in [6.45, 7) is 38.2. The van der Waals surface area contributed by atoms with Gasteiger partial charge in [-0.1, -0.05) is 165 Å². The molecule has 7 aromatic rings. The quantitative estimate of drug-likeness (QED) is 0.163. The zero-order valence-corrected chi connectivity index (χ0v) is 43.6. The number of hydrogen-bond acceptors (Lipinski definition) is 3. The van der Waals surface area contributed by atoms with E-state index in [4.69, 9.17) is 0 Å². The van der Waals surface area contributed by atoms with Crippen molar-refractivity contribution in [1.82, 2.24) is 0 Å². The summed E-state index contributed by atoms with van der Waals surface area (Å²) in [4.78, 5) is 5.35. The van der Waals surface area contributed by atoms with Gasteiger partial charge in [0.1, 0.15) is 0 Å². The summed E-state index contributed by atoms with van der Waals surface area (Å²) in [5.41, 5.74) is 21.5. The van der Waals surface area contributed by atoms with Crippen LogP contribution in [0.5, 0.6) is 0 Å². The Morgan fingerprint density at radius 3 is 1.62 bits per heavy atom. The highest BCUT2D eigenvalue weighted by atomic mass is 32.1. The van der Waals surface area contributed by atoms with E-state index in [0.29, 0.717) is 0 Å². The van der Waals surface area contributed by atoms with E-state index in [1.54, 1.807) is 0 Å². The minimum absolute atomic E-state index is 0.0268. The van der Waals surface area contributed by atoms with Crippen LogP contribution >= 0.6 is 11.3 Å². The zero-order chi connectivity index (χ0) is 47.3. The molecule has 0 fully saturated rings. The maximum absolute atomic E-state index is 2.69. The fourth-order valence-electron chi connectivity index (χ4n) is 11.4. The maximum atomic E-state index is 2.69. The third-order valence-electron chi connectivity index (χ3n) is 15.9. The average molecular weight is 887 g/mol. The van der Waals surface area contributed by atoms with Crippen molar-refractivity contribution in [1.29, 1.82) is 0 Å². The molecule has 0 radical (unpaired) electrons. The molecular weight excluding hydrogens is 816 g/mol. The lowest BCUT2D eigenvalue weighted by molar-refractivity contribution is 0.332. The van der Waals surface area contributed by atoms with Gasteiger partial charge in [-0.2, -0.15) is 0 Å². The minimum atomic E-state index is -0.178. The Morgan fingerprint density at radius 1 is 0.500 bits per heavy atom. The molecule has 0 atom stereocenters. The molecule has 0 spiro atoms. The van der Waals surface area contributed by atoms with E-state index in [-0.39, 0.29) is 39.2 Å². The van der Waals surface area contributed by atoms with E-state index >= 15 is 0 Å². The molecule has 66 heavy (non-hydrogen) atoms. The van der Waals surface area contributed by atoms with Crippen LogP contribution in [0.25, 0.3) is 10.1 Å². The summed E-state index contributed by atoms with van der Waals surface area (Å²) in [6.07, 6.45) is 2.35. The Balaban J connectivity index is 1.34. The highest BCUT2D eigenvalue weighted by molar-refractivity contribution is 7.33. The second-order valence-electron chi connectivity index (χ2n) is 25.1. The Morgan fingerprint density at radius 2 is 1.05 bits per heavy atom. The minimum Gasteiger partial charge on any atom is -0.311 e. The molecule has 2 aliphatic heterocycles. The third-order valence-corrected chi connectivity index (χ3v) is 17.1. The van der Waals surface area contributed by atoms with Crippen molar-refractivity contribution in [3.05, 3.63) is 160 Å². The van der Waals surface area contributed by atoms with Gasteiger partial charge in [-0.05, 0) is 157 Å². The van der Waals surface area contributed by atoms with Crippen LogP contribution < -0.4 is 25.5 Å². The molecule has 3 aliphatic rings. The van der Waals surface area contributed by atoms with Crippen LogP contribution in [-0.2, 0) is 32.5 Å². The van der Waals surface area contributed by atoms with E-state index in [0.717, 1.165) is 0 Å². The van der Waals surface area contributed by atoms with E-state index in [9.17, 15) is 0 Å². The number of aryl methyl sites for hydroxylation is 1. The number of hydrogen-bond donors (Lipinski definition) is 0. The number of fused-ring (bicyclic) bond motifs is 7. The van der Waals surface area contributed by atoms with Gasteiger partial charge in [0, 0.05) is 48.7 Å². The Labute approximate surface area is 401 Å². The molecule has 338 valence electrons. The predicted molar refractivity (Wildman–Crippen MR) is 291 cm³/mol. The smallest absolute Gasteiger partial charge is 0.264 e. The van der Waals surface area contributed by atoms with Gasteiger partial charge < -0.3 is 9.80 Å². The normalized spacial score (nSPS) is 16.5. The second kappa shape index (κ2) is 14.7. The number of benzene rings is 6. The first-order valence-corrected chi connectivity index (χ1v) is 25.4. The van der Waals surface area contributed by atoms with Crippen LogP contribution in [0.3, 0.4) is 0 Å². The fraction of sp³-hybridized carbons (Fsp3) is 0.387.